The molecule has 1 aromatic heterocycles. The summed E-state index contributed by atoms with van der Waals surface area (Å²) in [6.45, 7) is 5.85. The number of aryl methyl sites for hydroxylation is 1. The highest BCUT2D eigenvalue weighted by Gasteiger charge is 2.30. The smallest absolute Gasteiger partial charge is 0.233 e. The summed E-state index contributed by atoms with van der Waals surface area (Å²) in [5, 5.41) is 8.83. The monoisotopic (exact) mass is 355 g/mol. The third-order valence-electron chi connectivity index (χ3n) is 5.71. The molecular formula is C21H29N3O2. The summed E-state index contributed by atoms with van der Waals surface area (Å²) in [7, 11) is 0. The first-order valence-corrected chi connectivity index (χ1v) is 10.1. The Bertz CT molecular complexity index is 709. The maximum absolute atomic E-state index is 6.16. The maximum Gasteiger partial charge on any atom is 0.233 e. The highest BCUT2D eigenvalue weighted by molar-refractivity contribution is 5.23. The van der Waals surface area contributed by atoms with Crippen molar-refractivity contribution in [3.05, 3.63) is 47.2 Å². The fourth-order valence-corrected chi connectivity index (χ4v) is 4.13. The van der Waals surface area contributed by atoms with Crippen LogP contribution in [-0.2, 0) is 17.7 Å². The Morgan fingerprint density at radius 2 is 1.85 bits per heavy atom. The van der Waals surface area contributed by atoms with Gasteiger partial charge in [-0.1, -0.05) is 37.6 Å². The molecule has 1 atom stereocenters. The SMILES string of the molecule is CCc1cccc(CN2CCCC[C@H]2c2nnc(C3CCOCC3)o2)c1. The largest absolute Gasteiger partial charge is 0.423 e. The first-order chi connectivity index (χ1) is 12.8. The average Bonchev–Trinajstić information content (AvgIpc) is 3.19. The van der Waals surface area contributed by atoms with E-state index in [1.165, 1.54) is 24.0 Å². The van der Waals surface area contributed by atoms with Crippen LogP contribution in [0, 0.1) is 0 Å². The minimum Gasteiger partial charge on any atom is -0.423 e. The van der Waals surface area contributed by atoms with Crippen LogP contribution in [0.15, 0.2) is 28.7 Å². The average molecular weight is 355 g/mol. The molecule has 0 amide bonds. The van der Waals surface area contributed by atoms with E-state index in [9.17, 15) is 0 Å². The minimum absolute atomic E-state index is 0.245. The summed E-state index contributed by atoms with van der Waals surface area (Å²) >= 11 is 0. The Morgan fingerprint density at radius 1 is 1.04 bits per heavy atom. The molecular weight excluding hydrogens is 326 g/mol. The molecule has 140 valence electrons. The lowest BCUT2D eigenvalue weighted by Crippen LogP contribution is -2.33. The van der Waals surface area contributed by atoms with Crippen LogP contribution < -0.4 is 0 Å². The van der Waals surface area contributed by atoms with E-state index in [-0.39, 0.29) is 6.04 Å². The molecule has 4 rings (SSSR count). The Hall–Kier alpha value is -1.72. The van der Waals surface area contributed by atoms with Crippen LogP contribution in [0.2, 0.25) is 0 Å². The van der Waals surface area contributed by atoms with E-state index in [1.54, 1.807) is 0 Å². The molecule has 0 N–H and O–H groups in total. The number of hydrogen-bond donors (Lipinski definition) is 0. The molecule has 1 aromatic carbocycles. The van der Waals surface area contributed by atoms with Gasteiger partial charge in [-0.25, -0.2) is 0 Å². The van der Waals surface area contributed by atoms with Crippen LogP contribution in [0.25, 0.3) is 0 Å². The third kappa shape index (κ3) is 3.99. The molecule has 2 fully saturated rings. The van der Waals surface area contributed by atoms with Crippen LogP contribution in [0.5, 0.6) is 0 Å². The molecule has 0 saturated carbocycles. The Labute approximate surface area is 155 Å². The molecule has 0 radical (unpaired) electrons. The van der Waals surface area contributed by atoms with E-state index >= 15 is 0 Å². The molecule has 5 heteroatoms. The molecule has 3 heterocycles. The number of piperidine rings is 1. The Balaban J connectivity index is 1.49. The van der Waals surface area contributed by atoms with Gasteiger partial charge in [0.25, 0.3) is 0 Å². The number of likely N-dealkylation sites (tertiary alicyclic amines) is 1. The number of aromatic nitrogens is 2. The number of ether oxygens (including phenoxy) is 1. The molecule has 2 aromatic rings. The zero-order valence-electron chi connectivity index (χ0n) is 15.7. The van der Waals surface area contributed by atoms with Crippen molar-refractivity contribution in [2.45, 2.75) is 64.0 Å². The zero-order chi connectivity index (χ0) is 17.8. The minimum atomic E-state index is 0.245. The highest BCUT2D eigenvalue weighted by atomic mass is 16.5. The standard InChI is InChI=1S/C21H29N3O2/c1-2-16-6-5-7-17(14-16)15-24-11-4-3-8-19(24)21-23-22-20(26-21)18-9-12-25-13-10-18/h5-7,14,18-19H,2-4,8-13,15H2,1H3/t19-/m0/s1. The van der Waals surface area contributed by atoms with Gasteiger partial charge in [0.15, 0.2) is 0 Å². The van der Waals surface area contributed by atoms with Gasteiger partial charge in [-0.2, -0.15) is 0 Å². The normalized spacial score (nSPS) is 22.6. The first-order valence-electron chi connectivity index (χ1n) is 10.1. The Morgan fingerprint density at radius 3 is 2.69 bits per heavy atom. The van der Waals surface area contributed by atoms with Gasteiger partial charge in [0.2, 0.25) is 11.8 Å². The van der Waals surface area contributed by atoms with Gasteiger partial charge in [-0.05, 0) is 49.8 Å². The molecule has 0 spiro atoms. The lowest BCUT2D eigenvalue weighted by atomic mass is 10.00. The molecule has 2 aliphatic rings. The van der Waals surface area contributed by atoms with E-state index in [1.807, 2.05) is 0 Å². The van der Waals surface area contributed by atoms with Crippen LogP contribution >= 0.6 is 0 Å². The summed E-state index contributed by atoms with van der Waals surface area (Å²) in [6, 6.07) is 9.17. The van der Waals surface area contributed by atoms with E-state index in [0.717, 1.165) is 63.8 Å². The van der Waals surface area contributed by atoms with Crippen molar-refractivity contribution in [1.82, 2.24) is 15.1 Å². The molecule has 0 unspecified atom stereocenters. The molecule has 0 aliphatic carbocycles. The molecule has 2 saturated heterocycles. The first kappa shape index (κ1) is 17.7. The summed E-state index contributed by atoms with van der Waals surface area (Å²) in [4.78, 5) is 2.51. The predicted octanol–water partition coefficient (Wildman–Crippen LogP) is 4.25. The van der Waals surface area contributed by atoms with Crippen molar-refractivity contribution in [1.29, 1.82) is 0 Å². The summed E-state index contributed by atoms with van der Waals surface area (Å²) in [5.41, 5.74) is 2.77. The second-order valence-corrected chi connectivity index (χ2v) is 7.52. The van der Waals surface area contributed by atoms with Crippen LogP contribution in [0.3, 0.4) is 0 Å². The van der Waals surface area contributed by atoms with Crippen LogP contribution in [0.4, 0.5) is 0 Å². The van der Waals surface area contributed by atoms with Crippen LogP contribution in [0.1, 0.15) is 73.9 Å². The molecule has 26 heavy (non-hydrogen) atoms. The van der Waals surface area contributed by atoms with Crippen molar-refractivity contribution in [3.8, 4) is 0 Å². The quantitative estimate of drug-likeness (QED) is 0.802. The van der Waals surface area contributed by atoms with Crippen molar-refractivity contribution >= 4 is 0 Å². The third-order valence-corrected chi connectivity index (χ3v) is 5.71. The molecule has 2 aliphatic heterocycles. The van der Waals surface area contributed by atoms with Gasteiger partial charge in [0, 0.05) is 25.7 Å². The van der Waals surface area contributed by atoms with Gasteiger partial charge >= 0.3 is 0 Å². The number of benzene rings is 1. The number of hydrogen-bond acceptors (Lipinski definition) is 5. The van der Waals surface area contributed by atoms with E-state index in [0.29, 0.717) is 5.92 Å². The fraction of sp³-hybridized carbons (Fsp3) is 0.619. The summed E-state index contributed by atoms with van der Waals surface area (Å²) < 4.78 is 11.6. The zero-order valence-corrected chi connectivity index (χ0v) is 15.7. The second kappa shape index (κ2) is 8.31. The Kier molecular flexibility index (Phi) is 5.65. The van der Waals surface area contributed by atoms with Gasteiger partial charge in [0.05, 0.1) is 6.04 Å². The van der Waals surface area contributed by atoms with Crippen molar-refractivity contribution < 1.29 is 9.15 Å². The summed E-state index contributed by atoms with van der Waals surface area (Å²) in [5.74, 6) is 1.97. The van der Waals surface area contributed by atoms with Gasteiger partial charge in [0.1, 0.15) is 0 Å². The molecule has 0 bridgehead atoms. The predicted molar refractivity (Wildman–Crippen MR) is 99.9 cm³/mol. The highest BCUT2D eigenvalue weighted by Crippen LogP contribution is 2.33. The van der Waals surface area contributed by atoms with Crippen molar-refractivity contribution in [2.24, 2.45) is 0 Å². The van der Waals surface area contributed by atoms with E-state index in [2.05, 4.69) is 46.3 Å². The summed E-state index contributed by atoms with van der Waals surface area (Å²) in [6.07, 6.45) is 6.62. The maximum atomic E-state index is 6.16. The van der Waals surface area contributed by atoms with E-state index < -0.39 is 0 Å². The number of nitrogens with zero attached hydrogens (tertiary/aromatic N) is 3. The van der Waals surface area contributed by atoms with Crippen molar-refractivity contribution in [3.63, 3.8) is 0 Å². The second-order valence-electron chi connectivity index (χ2n) is 7.52. The van der Waals surface area contributed by atoms with Gasteiger partial charge in [-0.15, -0.1) is 10.2 Å². The van der Waals surface area contributed by atoms with Gasteiger partial charge < -0.3 is 9.15 Å². The number of rotatable bonds is 5. The van der Waals surface area contributed by atoms with Crippen molar-refractivity contribution in [2.75, 3.05) is 19.8 Å². The fourth-order valence-electron chi connectivity index (χ4n) is 4.13. The van der Waals surface area contributed by atoms with E-state index in [4.69, 9.17) is 9.15 Å². The lowest BCUT2D eigenvalue weighted by molar-refractivity contribution is 0.0768. The molecule has 5 nitrogen and oxygen atoms in total. The van der Waals surface area contributed by atoms with Gasteiger partial charge in [-0.3, -0.25) is 4.90 Å². The lowest BCUT2D eigenvalue weighted by Gasteiger charge is -2.33. The van der Waals surface area contributed by atoms with Crippen LogP contribution in [-0.4, -0.2) is 34.9 Å². The topological polar surface area (TPSA) is 51.4 Å².